The number of benzene rings is 2. The number of aromatic nitrogens is 3. The molecule has 5 heteroatoms. The van der Waals surface area contributed by atoms with Crippen LogP contribution in [-0.4, -0.2) is 29.2 Å². The zero-order valence-electron chi connectivity index (χ0n) is 33.5. The zero-order valence-corrected chi connectivity index (χ0v) is 33.5. The summed E-state index contributed by atoms with van der Waals surface area (Å²) in [5.41, 5.74) is 10.1. The standard InChI is InChI=1S/2C12H18.C10H15NO.C9H14N2O/c2*1-9-6-7-10(2)11(8-9)12(3,4)5;1-10(2,3)8-6-5-7-9(11-8)12-4;1-9(2,3)8-10-6-5-7(11-8)12-4/h2*6-8H,1-5H3;5-7H,1-4H3;5-6H,1-4H3. The van der Waals surface area contributed by atoms with E-state index < -0.39 is 0 Å². The molecule has 0 N–H and O–H groups in total. The summed E-state index contributed by atoms with van der Waals surface area (Å²) < 4.78 is 10.0. The van der Waals surface area contributed by atoms with E-state index in [4.69, 9.17) is 9.47 Å². The molecule has 4 aromatic rings. The van der Waals surface area contributed by atoms with Crippen molar-refractivity contribution in [3.8, 4) is 11.8 Å². The van der Waals surface area contributed by atoms with Gasteiger partial charge in [0, 0.05) is 34.9 Å². The first-order chi connectivity index (χ1) is 21.9. The molecule has 0 aliphatic heterocycles. The van der Waals surface area contributed by atoms with Crippen LogP contribution in [0.4, 0.5) is 0 Å². The normalized spacial score (nSPS) is 11.5. The van der Waals surface area contributed by atoms with Gasteiger partial charge >= 0.3 is 0 Å². The van der Waals surface area contributed by atoms with Crippen LogP contribution in [0, 0.1) is 27.7 Å². The molecular weight excluding hydrogens is 590 g/mol. The van der Waals surface area contributed by atoms with Crippen LogP contribution >= 0.6 is 0 Å². The van der Waals surface area contributed by atoms with Gasteiger partial charge in [-0.1, -0.05) is 137 Å². The monoisotopic (exact) mass is 656 g/mol. The molecule has 2 heterocycles. The Labute approximate surface area is 294 Å². The number of nitrogens with zero attached hydrogens (tertiary/aromatic N) is 3. The Kier molecular flexibility index (Phi) is 15.5. The average molecular weight is 656 g/mol. The first kappa shape index (κ1) is 42.3. The summed E-state index contributed by atoms with van der Waals surface area (Å²) >= 11 is 0. The summed E-state index contributed by atoms with van der Waals surface area (Å²) in [5.74, 6) is 2.11. The number of pyridine rings is 1. The maximum absolute atomic E-state index is 5.04. The molecule has 0 unspecified atom stereocenters. The minimum absolute atomic E-state index is 0.0193. The molecule has 0 bridgehead atoms. The van der Waals surface area contributed by atoms with Gasteiger partial charge in [-0.25, -0.2) is 9.97 Å². The highest BCUT2D eigenvalue weighted by atomic mass is 16.5. The van der Waals surface area contributed by atoms with E-state index in [0.717, 1.165) is 11.5 Å². The second kappa shape index (κ2) is 17.6. The van der Waals surface area contributed by atoms with Crippen LogP contribution in [0.3, 0.4) is 0 Å². The minimum Gasteiger partial charge on any atom is -0.481 e. The molecule has 48 heavy (non-hydrogen) atoms. The van der Waals surface area contributed by atoms with E-state index in [1.54, 1.807) is 26.5 Å². The van der Waals surface area contributed by atoms with Gasteiger partial charge in [0.15, 0.2) is 0 Å². The van der Waals surface area contributed by atoms with Crippen molar-refractivity contribution in [1.29, 1.82) is 0 Å². The molecule has 264 valence electrons. The van der Waals surface area contributed by atoms with E-state index in [1.807, 2.05) is 18.2 Å². The van der Waals surface area contributed by atoms with Gasteiger partial charge in [-0.3, -0.25) is 0 Å². The summed E-state index contributed by atoms with van der Waals surface area (Å²) in [5, 5.41) is 0. The summed E-state index contributed by atoms with van der Waals surface area (Å²) in [4.78, 5) is 12.7. The molecule has 0 saturated heterocycles. The Morgan fingerprint density at radius 3 is 1.27 bits per heavy atom. The van der Waals surface area contributed by atoms with Crippen LogP contribution < -0.4 is 9.47 Å². The Bertz CT molecular complexity index is 1440. The van der Waals surface area contributed by atoms with Crippen LogP contribution in [0.2, 0.25) is 0 Å². The maximum Gasteiger partial charge on any atom is 0.216 e. The molecule has 0 amide bonds. The molecule has 0 atom stereocenters. The van der Waals surface area contributed by atoms with Crippen molar-refractivity contribution in [2.24, 2.45) is 0 Å². The largest absolute Gasteiger partial charge is 0.481 e. The molecule has 2 aromatic heterocycles. The Balaban J connectivity index is 0.000000320. The van der Waals surface area contributed by atoms with Crippen LogP contribution in [0.1, 0.15) is 128 Å². The van der Waals surface area contributed by atoms with Crippen molar-refractivity contribution < 1.29 is 9.47 Å². The fraction of sp³-hybridized carbons (Fsp3) is 0.512. The van der Waals surface area contributed by atoms with Crippen molar-refractivity contribution in [2.45, 2.75) is 132 Å². The minimum atomic E-state index is -0.0193. The summed E-state index contributed by atoms with van der Waals surface area (Å²) in [6, 6.07) is 20.9. The lowest BCUT2D eigenvalue weighted by Gasteiger charge is -2.22. The van der Waals surface area contributed by atoms with Crippen molar-refractivity contribution in [3.63, 3.8) is 0 Å². The lowest BCUT2D eigenvalue weighted by atomic mass is 9.83. The van der Waals surface area contributed by atoms with E-state index in [9.17, 15) is 0 Å². The van der Waals surface area contributed by atoms with E-state index in [2.05, 4.69) is 162 Å². The molecule has 0 fully saturated rings. The Morgan fingerprint density at radius 1 is 0.479 bits per heavy atom. The predicted octanol–water partition coefficient (Wildman–Crippen LogP) is 11.4. The molecule has 0 aliphatic rings. The third-order valence-electron chi connectivity index (χ3n) is 7.61. The molecular formula is C43H65N3O2. The van der Waals surface area contributed by atoms with E-state index in [0.29, 0.717) is 11.8 Å². The van der Waals surface area contributed by atoms with E-state index >= 15 is 0 Å². The Morgan fingerprint density at radius 2 is 0.917 bits per heavy atom. The highest BCUT2D eigenvalue weighted by Crippen LogP contribution is 2.27. The summed E-state index contributed by atoms with van der Waals surface area (Å²) in [6.07, 6.45) is 1.71. The quantitative estimate of drug-likeness (QED) is 0.215. The summed E-state index contributed by atoms with van der Waals surface area (Å²) in [6.45, 7) is 34.8. The number of hydrogen-bond acceptors (Lipinski definition) is 5. The van der Waals surface area contributed by atoms with Crippen LogP contribution in [0.15, 0.2) is 66.9 Å². The van der Waals surface area contributed by atoms with Gasteiger partial charge in [0.25, 0.3) is 0 Å². The molecule has 0 radical (unpaired) electrons. The van der Waals surface area contributed by atoms with Gasteiger partial charge in [-0.2, -0.15) is 4.98 Å². The topological polar surface area (TPSA) is 57.1 Å². The maximum atomic E-state index is 5.04. The predicted molar refractivity (Wildman–Crippen MR) is 206 cm³/mol. The number of aryl methyl sites for hydroxylation is 4. The van der Waals surface area contributed by atoms with Gasteiger partial charge in [-0.15, -0.1) is 0 Å². The second-order valence-electron chi connectivity index (χ2n) is 16.6. The van der Waals surface area contributed by atoms with Crippen LogP contribution in [0.5, 0.6) is 11.8 Å². The second-order valence-corrected chi connectivity index (χ2v) is 16.6. The molecule has 0 aliphatic carbocycles. The van der Waals surface area contributed by atoms with Crippen molar-refractivity contribution >= 4 is 0 Å². The molecule has 2 aromatic carbocycles. The number of hydrogen-bond donors (Lipinski definition) is 0. The average Bonchev–Trinajstić information content (AvgIpc) is 2.99. The molecule has 0 spiro atoms. The fourth-order valence-electron chi connectivity index (χ4n) is 4.85. The highest BCUT2D eigenvalue weighted by molar-refractivity contribution is 5.36. The number of rotatable bonds is 2. The lowest BCUT2D eigenvalue weighted by molar-refractivity contribution is 0.388. The lowest BCUT2D eigenvalue weighted by Crippen LogP contribution is -2.15. The van der Waals surface area contributed by atoms with Crippen LogP contribution in [-0.2, 0) is 21.7 Å². The smallest absolute Gasteiger partial charge is 0.216 e. The fourth-order valence-corrected chi connectivity index (χ4v) is 4.85. The van der Waals surface area contributed by atoms with Gasteiger partial charge < -0.3 is 9.47 Å². The third kappa shape index (κ3) is 14.6. The van der Waals surface area contributed by atoms with Crippen molar-refractivity contribution in [1.82, 2.24) is 15.0 Å². The first-order valence-electron chi connectivity index (χ1n) is 16.9. The molecule has 4 rings (SSSR count). The van der Waals surface area contributed by atoms with Gasteiger partial charge in [-0.05, 0) is 66.8 Å². The summed E-state index contributed by atoms with van der Waals surface area (Å²) in [7, 11) is 3.24. The van der Waals surface area contributed by atoms with Crippen molar-refractivity contribution in [2.75, 3.05) is 14.2 Å². The highest BCUT2D eigenvalue weighted by Gasteiger charge is 2.18. The van der Waals surface area contributed by atoms with Gasteiger partial charge in [0.2, 0.25) is 11.8 Å². The van der Waals surface area contributed by atoms with E-state index in [1.165, 1.54) is 33.4 Å². The molecule has 0 saturated carbocycles. The van der Waals surface area contributed by atoms with Crippen LogP contribution in [0.25, 0.3) is 0 Å². The van der Waals surface area contributed by atoms with Gasteiger partial charge in [0.05, 0.1) is 14.2 Å². The van der Waals surface area contributed by atoms with Gasteiger partial charge in [0.1, 0.15) is 5.82 Å². The SMILES string of the molecule is COc1cccc(C(C)(C)C)n1.COc1ccnc(C(C)(C)C)n1.Cc1ccc(C)c(C(C)(C)C)c1.Cc1ccc(C)c(C(C)(C)C)c1. The first-order valence-corrected chi connectivity index (χ1v) is 16.9. The Hall–Kier alpha value is -3.73. The number of methoxy groups -OCH3 is 2. The number of ether oxygens (including phenoxy) is 2. The van der Waals surface area contributed by atoms with E-state index in [-0.39, 0.29) is 21.7 Å². The third-order valence-corrected chi connectivity index (χ3v) is 7.61. The van der Waals surface area contributed by atoms with Crippen molar-refractivity contribution in [3.05, 3.63) is 112 Å². The zero-order chi connectivity index (χ0) is 37.1. The molecule has 5 nitrogen and oxygen atoms in total.